The number of unbranched alkanes of at least 4 members (excludes halogenated alkanes) is 2. The second kappa shape index (κ2) is 8.37. The number of nitrogens with zero attached hydrogens (tertiary/aromatic N) is 2. The summed E-state index contributed by atoms with van der Waals surface area (Å²) in [6.45, 7) is 0.669. The quantitative estimate of drug-likeness (QED) is 0.707. The number of amides is 1. The van der Waals surface area contributed by atoms with Gasteiger partial charge in [-0.15, -0.1) is 0 Å². The molecule has 0 atom stereocenters. The fraction of sp³-hybridized carbons (Fsp3) is 0.571. The number of hydrogen-bond donors (Lipinski definition) is 2. The van der Waals surface area contributed by atoms with Crippen LogP contribution < -0.4 is 20.7 Å². The Kier molecular flexibility index (Phi) is 6.79. The monoisotopic (exact) mass is 280 g/mol. The summed E-state index contributed by atoms with van der Waals surface area (Å²) in [6, 6.07) is 1.84. The lowest BCUT2D eigenvalue weighted by atomic mass is 10.2. The number of pyridine rings is 1. The van der Waals surface area contributed by atoms with Gasteiger partial charge in [0, 0.05) is 26.7 Å². The Hall–Kier alpha value is -1.82. The summed E-state index contributed by atoms with van der Waals surface area (Å²) in [5.41, 5.74) is 6.91. The lowest BCUT2D eigenvalue weighted by Gasteiger charge is -2.19. The van der Waals surface area contributed by atoms with E-state index in [9.17, 15) is 4.79 Å². The molecule has 1 aromatic rings. The topological polar surface area (TPSA) is 80.5 Å². The zero-order valence-corrected chi connectivity index (χ0v) is 12.5. The molecule has 0 fully saturated rings. The largest absolute Gasteiger partial charge is 0.479 e. The predicted octanol–water partition coefficient (Wildman–Crippen LogP) is 1.61. The van der Waals surface area contributed by atoms with Crippen LogP contribution in [0.15, 0.2) is 12.3 Å². The molecule has 1 heterocycles. The summed E-state index contributed by atoms with van der Waals surface area (Å²) in [6.07, 6.45) is 4.89. The number of anilines is 2. The molecular weight excluding hydrogens is 256 g/mol. The van der Waals surface area contributed by atoms with Crippen LogP contribution in [0.25, 0.3) is 0 Å². The number of ether oxygens (including phenoxy) is 1. The van der Waals surface area contributed by atoms with Gasteiger partial charge in [0.1, 0.15) is 5.69 Å². The number of rotatable bonds is 8. The van der Waals surface area contributed by atoms with E-state index in [1.165, 1.54) is 0 Å². The van der Waals surface area contributed by atoms with Crippen LogP contribution in [0.1, 0.15) is 25.7 Å². The minimum absolute atomic E-state index is 0.0311. The summed E-state index contributed by atoms with van der Waals surface area (Å²) in [5, 5.41) is 2.89. The second-order valence-corrected chi connectivity index (χ2v) is 4.76. The third kappa shape index (κ3) is 4.70. The van der Waals surface area contributed by atoms with Crippen LogP contribution >= 0.6 is 0 Å². The Morgan fingerprint density at radius 2 is 2.15 bits per heavy atom. The van der Waals surface area contributed by atoms with Crippen molar-refractivity contribution in [2.45, 2.75) is 25.7 Å². The van der Waals surface area contributed by atoms with Crippen molar-refractivity contribution < 1.29 is 9.53 Å². The summed E-state index contributed by atoms with van der Waals surface area (Å²) >= 11 is 0. The second-order valence-electron chi connectivity index (χ2n) is 4.76. The number of aromatic nitrogens is 1. The van der Waals surface area contributed by atoms with Gasteiger partial charge in [0.25, 0.3) is 0 Å². The molecule has 0 aliphatic rings. The van der Waals surface area contributed by atoms with Crippen LogP contribution in [0.3, 0.4) is 0 Å². The highest BCUT2D eigenvalue weighted by Crippen LogP contribution is 2.32. The zero-order chi connectivity index (χ0) is 15.0. The molecule has 112 valence electrons. The third-order valence-corrected chi connectivity index (χ3v) is 2.94. The van der Waals surface area contributed by atoms with Gasteiger partial charge in [-0.1, -0.05) is 6.42 Å². The molecule has 6 heteroatoms. The van der Waals surface area contributed by atoms with Gasteiger partial charge in [0.2, 0.25) is 11.8 Å². The van der Waals surface area contributed by atoms with Crippen molar-refractivity contribution in [2.75, 3.05) is 38.0 Å². The fourth-order valence-corrected chi connectivity index (χ4v) is 1.89. The average Bonchev–Trinajstić information content (AvgIpc) is 2.43. The number of carbonyl (C=O) groups is 1. The fourth-order valence-electron chi connectivity index (χ4n) is 1.89. The van der Waals surface area contributed by atoms with Crippen molar-refractivity contribution in [1.29, 1.82) is 0 Å². The van der Waals surface area contributed by atoms with Crippen molar-refractivity contribution in [3.05, 3.63) is 12.3 Å². The SMILES string of the molecule is COc1nccc(N(C)C)c1NC(=O)CCCCCN. The first-order chi connectivity index (χ1) is 9.60. The van der Waals surface area contributed by atoms with Gasteiger partial charge in [-0.3, -0.25) is 4.79 Å². The number of nitrogens with one attached hydrogen (secondary N) is 1. The highest BCUT2D eigenvalue weighted by molar-refractivity contribution is 5.95. The first-order valence-corrected chi connectivity index (χ1v) is 6.80. The first-order valence-electron chi connectivity index (χ1n) is 6.80. The minimum Gasteiger partial charge on any atom is -0.479 e. The molecule has 0 aliphatic heterocycles. The molecule has 0 saturated carbocycles. The molecule has 0 aliphatic carbocycles. The van der Waals surface area contributed by atoms with Gasteiger partial charge in [0.15, 0.2) is 0 Å². The zero-order valence-electron chi connectivity index (χ0n) is 12.5. The van der Waals surface area contributed by atoms with Gasteiger partial charge in [0.05, 0.1) is 12.8 Å². The maximum Gasteiger partial charge on any atom is 0.239 e. The molecule has 3 N–H and O–H groups in total. The molecule has 0 unspecified atom stereocenters. The molecule has 1 aromatic heterocycles. The Bertz CT molecular complexity index is 435. The summed E-state index contributed by atoms with van der Waals surface area (Å²) in [4.78, 5) is 18.0. The lowest BCUT2D eigenvalue weighted by Crippen LogP contribution is -2.17. The molecule has 0 spiro atoms. The third-order valence-electron chi connectivity index (χ3n) is 2.94. The van der Waals surface area contributed by atoms with Crippen molar-refractivity contribution >= 4 is 17.3 Å². The van der Waals surface area contributed by atoms with E-state index in [-0.39, 0.29) is 5.91 Å². The number of methoxy groups -OCH3 is 1. The normalized spacial score (nSPS) is 10.2. The van der Waals surface area contributed by atoms with Gasteiger partial charge in [-0.05, 0) is 25.5 Å². The first kappa shape index (κ1) is 16.2. The van der Waals surface area contributed by atoms with Crippen molar-refractivity contribution in [3.63, 3.8) is 0 Å². The van der Waals surface area contributed by atoms with Crippen LogP contribution in [-0.4, -0.2) is 38.6 Å². The van der Waals surface area contributed by atoms with E-state index in [0.717, 1.165) is 24.9 Å². The van der Waals surface area contributed by atoms with E-state index in [4.69, 9.17) is 10.5 Å². The molecule has 1 amide bonds. The lowest BCUT2D eigenvalue weighted by molar-refractivity contribution is -0.116. The molecular formula is C14H24N4O2. The van der Waals surface area contributed by atoms with Crippen LogP contribution in [0.4, 0.5) is 11.4 Å². The summed E-state index contributed by atoms with van der Waals surface area (Å²) < 4.78 is 5.21. The van der Waals surface area contributed by atoms with Gasteiger partial charge in [-0.25, -0.2) is 4.98 Å². The molecule has 0 aromatic carbocycles. The Balaban J connectivity index is 2.72. The molecule has 20 heavy (non-hydrogen) atoms. The molecule has 0 bridgehead atoms. The molecule has 0 saturated heterocycles. The number of carbonyl (C=O) groups excluding carboxylic acids is 1. The van der Waals surface area contributed by atoms with E-state index < -0.39 is 0 Å². The summed E-state index contributed by atoms with van der Waals surface area (Å²) in [7, 11) is 5.36. The average molecular weight is 280 g/mol. The molecule has 6 nitrogen and oxygen atoms in total. The van der Waals surface area contributed by atoms with E-state index in [2.05, 4.69) is 10.3 Å². The predicted molar refractivity (Wildman–Crippen MR) is 81.3 cm³/mol. The van der Waals surface area contributed by atoms with Crippen molar-refractivity contribution in [1.82, 2.24) is 4.98 Å². The smallest absolute Gasteiger partial charge is 0.239 e. The highest BCUT2D eigenvalue weighted by atomic mass is 16.5. The maximum absolute atomic E-state index is 12.0. The van der Waals surface area contributed by atoms with E-state index >= 15 is 0 Å². The van der Waals surface area contributed by atoms with Crippen LogP contribution in [-0.2, 0) is 4.79 Å². The number of hydrogen-bond acceptors (Lipinski definition) is 5. The maximum atomic E-state index is 12.0. The van der Waals surface area contributed by atoms with Gasteiger partial charge < -0.3 is 20.7 Å². The standard InChI is InChI=1S/C14H24N4O2/c1-18(2)11-8-10-16-14(20-3)13(11)17-12(19)7-5-4-6-9-15/h8,10H,4-7,9,15H2,1-3H3,(H,17,19). The van der Waals surface area contributed by atoms with E-state index in [1.807, 2.05) is 25.1 Å². The van der Waals surface area contributed by atoms with Crippen LogP contribution in [0.5, 0.6) is 5.88 Å². The van der Waals surface area contributed by atoms with Crippen molar-refractivity contribution in [2.24, 2.45) is 5.73 Å². The molecule has 0 radical (unpaired) electrons. The Morgan fingerprint density at radius 1 is 1.40 bits per heavy atom. The van der Waals surface area contributed by atoms with Crippen molar-refractivity contribution in [3.8, 4) is 5.88 Å². The number of nitrogens with two attached hydrogens (primary N) is 1. The highest BCUT2D eigenvalue weighted by Gasteiger charge is 2.14. The van der Waals surface area contributed by atoms with Gasteiger partial charge in [-0.2, -0.15) is 0 Å². The Morgan fingerprint density at radius 3 is 2.75 bits per heavy atom. The summed E-state index contributed by atoms with van der Waals surface area (Å²) in [5.74, 6) is 0.392. The molecule has 1 rings (SSSR count). The van der Waals surface area contributed by atoms with Crippen LogP contribution in [0, 0.1) is 0 Å². The van der Waals surface area contributed by atoms with E-state index in [0.29, 0.717) is 24.5 Å². The Labute approximate surface area is 120 Å². The minimum atomic E-state index is -0.0311. The van der Waals surface area contributed by atoms with E-state index in [1.54, 1.807) is 13.3 Å². The van der Waals surface area contributed by atoms with Gasteiger partial charge >= 0.3 is 0 Å². The van der Waals surface area contributed by atoms with Crippen LogP contribution in [0.2, 0.25) is 0 Å².